The monoisotopic (exact) mass is 296 g/mol. The predicted octanol–water partition coefficient (Wildman–Crippen LogP) is 1.33. The Labute approximate surface area is 106 Å². The molecule has 0 aromatic heterocycles. The molecule has 4 N–H and O–H groups in total. The average molecular weight is 295 g/mol. The van der Waals surface area contributed by atoms with Crippen LogP contribution in [0.3, 0.4) is 0 Å². The molecule has 1 fully saturated rings. The molecule has 5 heteroatoms. The van der Waals surface area contributed by atoms with Gasteiger partial charge in [-0.25, -0.2) is 0 Å². The van der Waals surface area contributed by atoms with Gasteiger partial charge in [-0.2, -0.15) is 0 Å². The first-order valence-electron chi connectivity index (χ1n) is 6.12. The second kappa shape index (κ2) is 5.39. The minimum atomic E-state index is -1.70. The molecule has 0 amide bonds. The molecule has 94 valence electrons. The Hall–Kier alpha value is -0.557. The molecular weight excluding hydrogens is 273 g/mol. The Bertz CT molecular complexity index is 349. The molecule has 4 nitrogen and oxygen atoms in total. The zero-order valence-electron chi connectivity index (χ0n) is 10.7. The summed E-state index contributed by atoms with van der Waals surface area (Å²) in [5.41, 5.74) is 10.9. The number of hydrogen-bond donors (Lipinski definition) is 4. The summed E-state index contributed by atoms with van der Waals surface area (Å²) in [4.78, 5) is 0.589. The van der Waals surface area contributed by atoms with Gasteiger partial charge >= 0.3 is 106 Å². The van der Waals surface area contributed by atoms with Crippen LogP contribution in [0.5, 0.6) is 0 Å². The summed E-state index contributed by atoms with van der Waals surface area (Å²) in [6.45, 7) is 0.942. The molecule has 0 saturated carbocycles. The van der Waals surface area contributed by atoms with Gasteiger partial charge in [-0.05, 0) is 0 Å². The van der Waals surface area contributed by atoms with E-state index in [0.29, 0.717) is 10.9 Å². The summed E-state index contributed by atoms with van der Waals surface area (Å²) >= 11 is -1.70. The Morgan fingerprint density at radius 1 is 1.12 bits per heavy atom. The van der Waals surface area contributed by atoms with Crippen LogP contribution in [0.2, 0.25) is 17.3 Å². The van der Waals surface area contributed by atoms with E-state index in [2.05, 4.69) is 63.2 Å². The summed E-state index contributed by atoms with van der Waals surface area (Å²) in [5, 5.41) is 3.48. The molecule has 2 rings (SSSR count). The zero-order valence-corrected chi connectivity index (χ0v) is 12.8. The van der Waals surface area contributed by atoms with Gasteiger partial charge in [0.05, 0.1) is 0 Å². The molecule has 1 aliphatic heterocycles. The van der Waals surface area contributed by atoms with Crippen LogP contribution < -0.4 is 21.7 Å². The molecule has 0 radical (unpaired) electrons. The SMILES string of the molecule is [CH3][Ge]([CH3])([CH3])[CH]1NNNC1CNc1ccccc1. The van der Waals surface area contributed by atoms with E-state index in [1.165, 1.54) is 5.69 Å². The van der Waals surface area contributed by atoms with Gasteiger partial charge < -0.3 is 0 Å². The van der Waals surface area contributed by atoms with Crippen molar-refractivity contribution in [1.82, 2.24) is 16.4 Å². The molecule has 1 aromatic rings. The Morgan fingerprint density at radius 3 is 2.47 bits per heavy atom. The van der Waals surface area contributed by atoms with Gasteiger partial charge in [-0.1, -0.05) is 0 Å². The number of hydrogen-bond acceptors (Lipinski definition) is 4. The molecule has 2 atom stereocenters. The summed E-state index contributed by atoms with van der Waals surface area (Å²) in [7, 11) is 0. The molecule has 1 aromatic carbocycles. The number of hydrazine groups is 2. The third-order valence-electron chi connectivity index (χ3n) is 3.12. The first-order chi connectivity index (χ1) is 8.07. The van der Waals surface area contributed by atoms with Gasteiger partial charge in [0, 0.05) is 0 Å². The van der Waals surface area contributed by atoms with Gasteiger partial charge in [0.2, 0.25) is 0 Å². The van der Waals surface area contributed by atoms with Gasteiger partial charge in [-0.15, -0.1) is 0 Å². The number of anilines is 1. The van der Waals surface area contributed by atoms with Crippen LogP contribution in [0.25, 0.3) is 0 Å². The van der Waals surface area contributed by atoms with Crippen LogP contribution in [-0.4, -0.2) is 30.7 Å². The van der Waals surface area contributed by atoms with Crippen LogP contribution in [0, 0.1) is 0 Å². The van der Waals surface area contributed by atoms with E-state index in [0.717, 1.165) is 6.54 Å². The van der Waals surface area contributed by atoms with Crippen LogP contribution >= 0.6 is 0 Å². The van der Waals surface area contributed by atoms with E-state index >= 15 is 0 Å². The van der Waals surface area contributed by atoms with Gasteiger partial charge in [0.15, 0.2) is 0 Å². The van der Waals surface area contributed by atoms with Crippen molar-refractivity contribution in [2.24, 2.45) is 0 Å². The standard InChI is InChI=1S/C12H22GeN4/c1-13(2,3)12-11(15-17-16-12)9-14-10-7-5-4-6-8-10/h4-8,11-12,14-17H,9H2,1-3H3. The van der Waals surface area contributed by atoms with Crippen LogP contribution in [0.15, 0.2) is 30.3 Å². The van der Waals surface area contributed by atoms with E-state index in [1.54, 1.807) is 0 Å². The Kier molecular flexibility index (Phi) is 4.09. The van der Waals surface area contributed by atoms with E-state index in [-0.39, 0.29) is 0 Å². The van der Waals surface area contributed by atoms with E-state index < -0.39 is 13.3 Å². The molecular formula is C12H22GeN4. The topological polar surface area (TPSA) is 48.1 Å². The van der Waals surface area contributed by atoms with Crippen molar-refractivity contribution in [3.63, 3.8) is 0 Å². The van der Waals surface area contributed by atoms with Crippen molar-refractivity contribution >= 4 is 19.0 Å². The van der Waals surface area contributed by atoms with Crippen LogP contribution in [-0.2, 0) is 0 Å². The molecule has 0 aliphatic carbocycles. The van der Waals surface area contributed by atoms with Gasteiger partial charge in [-0.3, -0.25) is 0 Å². The normalized spacial score (nSPS) is 24.9. The number of para-hydroxylation sites is 1. The van der Waals surface area contributed by atoms with Gasteiger partial charge in [0.1, 0.15) is 0 Å². The number of benzene rings is 1. The Balaban J connectivity index is 1.91. The van der Waals surface area contributed by atoms with Crippen molar-refractivity contribution in [3.8, 4) is 0 Å². The summed E-state index contributed by atoms with van der Waals surface area (Å²) in [6.07, 6.45) is 0. The molecule has 1 aliphatic rings. The number of rotatable bonds is 4. The maximum atomic E-state index is 3.48. The fraction of sp³-hybridized carbons (Fsp3) is 0.500. The molecule has 0 spiro atoms. The van der Waals surface area contributed by atoms with E-state index in [9.17, 15) is 0 Å². The summed E-state index contributed by atoms with van der Waals surface area (Å²) < 4.78 is 0. The minimum absolute atomic E-state index is 0.454. The van der Waals surface area contributed by atoms with Crippen molar-refractivity contribution in [2.45, 2.75) is 28.2 Å². The molecule has 0 bridgehead atoms. The first-order valence-corrected chi connectivity index (χ1v) is 13.6. The van der Waals surface area contributed by atoms with Gasteiger partial charge in [0.25, 0.3) is 0 Å². The quantitative estimate of drug-likeness (QED) is 0.633. The van der Waals surface area contributed by atoms with Crippen molar-refractivity contribution in [3.05, 3.63) is 30.3 Å². The fourth-order valence-corrected chi connectivity index (χ4v) is 6.18. The molecule has 1 saturated heterocycles. The summed E-state index contributed by atoms with van der Waals surface area (Å²) in [6, 6.07) is 10.8. The van der Waals surface area contributed by atoms with Crippen LogP contribution in [0.4, 0.5) is 5.69 Å². The average Bonchev–Trinajstić information content (AvgIpc) is 2.75. The zero-order chi connectivity index (χ0) is 12.3. The third-order valence-corrected chi connectivity index (χ3v) is 8.18. The Morgan fingerprint density at radius 2 is 1.82 bits per heavy atom. The summed E-state index contributed by atoms with van der Waals surface area (Å²) in [5.74, 6) is 7.30. The first kappa shape index (κ1) is 12.9. The maximum absolute atomic E-state index is 3.48. The van der Waals surface area contributed by atoms with Crippen LogP contribution in [0.1, 0.15) is 0 Å². The third kappa shape index (κ3) is 3.45. The second-order valence-corrected chi connectivity index (χ2v) is 16.8. The molecule has 17 heavy (non-hydrogen) atoms. The van der Waals surface area contributed by atoms with Crippen molar-refractivity contribution in [1.29, 1.82) is 0 Å². The van der Waals surface area contributed by atoms with Crippen molar-refractivity contribution in [2.75, 3.05) is 11.9 Å². The second-order valence-electron chi connectivity index (χ2n) is 5.61. The van der Waals surface area contributed by atoms with E-state index in [1.807, 2.05) is 6.07 Å². The molecule has 2 unspecified atom stereocenters. The fourth-order valence-electron chi connectivity index (χ4n) is 2.17. The number of nitrogens with one attached hydrogen (secondary N) is 4. The van der Waals surface area contributed by atoms with Crippen molar-refractivity contribution < 1.29 is 0 Å². The van der Waals surface area contributed by atoms with E-state index in [4.69, 9.17) is 0 Å². The predicted molar refractivity (Wildman–Crippen MR) is 75.3 cm³/mol. The molecule has 1 heterocycles.